The van der Waals surface area contributed by atoms with Gasteiger partial charge in [0.05, 0.1) is 11.8 Å². The maximum Gasteiger partial charge on any atom is 0.223 e. The quantitative estimate of drug-likeness (QED) is 0.857. The number of carbonyl (C=O) groups is 2. The van der Waals surface area contributed by atoms with Crippen molar-refractivity contribution >= 4 is 17.5 Å². The number of fused-ring (bicyclic) bond motifs is 1. The Labute approximate surface area is 146 Å². The lowest BCUT2D eigenvalue weighted by Crippen LogP contribution is -2.49. The van der Waals surface area contributed by atoms with E-state index in [1.807, 2.05) is 23.1 Å². The Morgan fingerprint density at radius 2 is 2.04 bits per heavy atom. The number of piperazine rings is 1. The zero-order valence-electron chi connectivity index (χ0n) is 14.1. The molecule has 6 nitrogen and oxygen atoms in total. The van der Waals surface area contributed by atoms with Gasteiger partial charge in [-0.1, -0.05) is 6.07 Å². The van der Waals surface area contributed by atoms with E-state index in [9.17, 15) is 9.59 Å². The van der Waals surface area contributed by atoms with Crippen molar-refractivity contribution in [1.82, 2.24) is 9.88 Å². The summed E-state index contributed by atoms with van der Waals surface area (Å²) in [4.78, 5) is 33.5. The number of ketones is 1. The van der Waals surface area contributed by atoms with Crippen molar-refractivity contribution < 1.29 is 14.0 Å². The van der Waals surface area contributed by atoms with Crippen LogP contribution >= 0.6 is 0 Å². The van der Waals surface area contributed by atoms with Crippen molar-refractivity contribution in [3.05, 3.63) is 48.0 Å². The molecule has 0 N–H and O–H groups in total. The molecule has 1 saturated heterocycles. The molecule has 4 rings (SSSR count). The molecule has 1 atom stereocenters. The van der Waals surface area contributed by atoms with E-state index in [2.05, 4.69) is 9.88 Å². The molecule has 6 heteroatoms. The van der Waals surface area contributed by atoms with E-state index in [1.54, 1.807) is 18.5 Å². The summed E-state index contributed by atoms with van der Waals surface area (Å²) in [7, 11) is 0. The second kappa shape index (κ2) is 6.70. The molecule has 0 radical (unpaired) electrons. The molecule has 0 bridgehead atoms. The monoisotopic (exact) mass is 339 g/mol. The Morgan fingerprint density at radius 3 is 2.80 bits per heavy atom. The Hall–Kier alpha value is -2.63. The van der Waals surface area contributed by atoms with Crippen molar-refractivity contribution in [2.75, 3.05) is 31.1 Å². The number of Topliss-reactive ketones (excluding diaryl/α,β-unsaturated/α-hetero) is 1. The molecule has 2 aliphatic rings. The summed E-state index contributed by atoms with van der Waals surface area (Å²) in [6, 6.07) is 7.58. The SMILES string of the molecule is O=C1c2ccoc2CCC1CC(=O)N1CCN(c2ccccn2)CC1. The van der Waals surface area contributed by atoms with Gasteiger partial charge in [0.25, 0.3) is 0 Å². The van der Waals surface area contributed by atoms with Gasteiger partial charge in [-0.05, 0) is 24.6 Å². The Bertz CT molecular complexity index is 763. The third-order valence-corrected chi connectivity index (χ3v) is 5.13. The van der Waals surface area contributed by atoms with Crippen molar-refractivity contribution in [3.8, 4) is 0 Å². The Kier molecular flexibility index (Phi) is 4.26. The summed E-state index contributed by atoms with van der Waals surface area (Å²) in [5.41, 5.74) is 0.657. The van der Waals surface area contributed by atoms with E-state index < -0.39 is 0 Å². The van der Waals surface area contributed by atoms with Crippen LogP contribution in [-0.4, -0.2) is 47.8 Å². The van der Waals surface area contributed by atoms with Crippen LogP contribution < -0.4 is 4.90 Å². The first-order valence-electron chi connectivity index (χ1n) is 8.76. The highest BCUT2D eigenvalue weighted by Gasteiger charge is 2.32. The minimum Gasteiger partial charge on any atom is -0.469 e. The number of rotatable bonds is 3. The highest BCUT2D eigenvalue weighted by atomic mass is 16.3. The first-order valence-corrected chi connectivity index (χ1v) is 8.76. The molecule has 0 spiro atoms. The normalized spacial score (nSPS) is 20.5. The van der Waals surface area contributed by atoms with Gasteiger partial charge in [-0.3, -0.25) is 9.59 Å². The van der Waals surface area contributed by atoms with E-state index in [4.69, 9.17) is 4.42 Å². The first-order chi connectivity index (χ1) is 12.2. The van der Waals surface area contributed by atoms with Crippen LogP contribution in [0.2, 0.25) is 0 Å². The molecule has 0 saturated carbocycles. The van der Waals surface area contributed by atoms with E-state index in [0.29, 0.717) is 31.5 Å². The minimum absolute atomic E-state index is 0.0514. The van der Waals surface area contributed by atoms with Crippen molar-refractivity contribution in [1.29, 1.82) is 0 Å². The summed E-state index contributed by atoms with van der Waals surface area (Å²) in [6.07, 6.45) is 5.07. The number of nitrogens with zero attached hydrogens (tertiary/aromatic N) is 3. The maximum absolute atomic E-state index is 12.6. The molecule has 2 aromatic rings. The summed E-state index contributed by atoms with van der Waals surface area (Å²) < 4.78 is 5.32. The molecule has 25 heavy (non-hydrogen) atoms. The van der Waals surface area contributed by atoms with Crippen LogP contribution in [-0.2, 0) is 11.2 Å². The maximum atomic E-state index is 12.6. The first kappa shape index (κ1) is 15.9. The summed E-state index contributed by atoms with van der Waals surface area (Å²) in [6.45, 7) is 2.89. The van der Waals surface area contributed by atoms with Crippen molar-refractivity contribution in [2.24, 2.45) is 5.92 Å². The molecule has 1 fully saturated rings. The number of furan rings is 1. The zero-order valence-corrected chi connectivity index (χ0v) is 14.1. The van der Waals surface area contributed by atoms with Crippen LogP contribution in [0.25, 0.3) is 0 Å². The second-order valence-corrected chi connectivity index (χ2v) is 6.62. The lowest BCUT2D eigenvalue weighted by atomic mass is 9.84. The highest BCUT2D eigenvalue weighted by molar-refractivity contribution is 6.01. The van der Waals surface area contributed by atoms with Crippen LogP contribution in [0.15, 0.2) is 41.1 Å². The van der Waals surface area contributed by atoms with E-state index in [1.165, 1.54) is 0 Å². The number of amides is 1. The molecular weight excluding hydrogens is 318 g/mol. The molecule has 3 heterocycles. The molecule has 0 aromatic carbocycles. The third-order valence-electron chi connectivity index (χ3n) is 5.13. The van der Waals surface area contributed by atoms with Gasteiger partial charge >= 0.3 is 0 Å². The molecule has 1 aliphatic carbocycles. The van der Waals surface area contributed by atoms with Crippen molar-refractivity contribution in [2.45, 2.75) is 19.3 Å². The zero-order chi connectivity index (χ0) is 17.2. The summed E-state index contributed by atoms with van der Waals surface area (Å²) >= 11 is 0. The van der Waals surface area contributed by atoms with Crippen LogP contribution in [0.1, 0.15) is 29.0 Å². The molecule has 1 unspecified atom stereocenters. The van der Waals surface area contributed by atoms with Gasteiger partial charge in [-0.2, -0.15) is 0 Å². The number of anilines is 1. The average Bonchev–Trinajstić information content (AvgIpc) is 3.14. The fraction of sp³-hybridized carbons (Fsp3) is 0.421. The number of hydrogen-bond acceptors (Lipinski definition) is 5. The van der Waals surface area contributed by atoms with E-state index in [-0.39, 0.29) is 17.6 Å². The van der Waals surface area contributed by atoms with E-state index >= 15 is 0 Å². The highest BCUT2D eigenvalue weighted by Crippen LogP contribution is 2.29. The van der Waals surface area contributed by atoms with Gasteiger partial charge in [0, 0.05) is 51.1 Å². The van der Waals surface area contributed by atoms with Gasteiger partial charge in [-0.15, -0.1) is 0 Å². The second-order valence-electron chi connectivity index (χ2n) is 6.62. The van der Waals surface area contributed by atoms with Gasteiger partial charge in [-0.25, -0.2) is 4.98 Å². The summed E-state index contributed by atoms with van der Waals surface area (Å²) in [5, 5.41) is 0. The number of pyridine rings is 1. The van der Waals surface area contributed by atoms with Crippen LogP contribution in [0.4, 0.5) is 5.82 Å². The van der Waals surface area contributed by atoms with Gasteiger partial charge in [0.2, 0.25) is 5.91 Å². The number of aromatic nitrogens is 1. The van der Waals surface area contributed by atoms with Gasteiger partial charge < -0.3 is 14.2 Å². The molecular formula is C19H21N3O3. The van der Waals surface area contributed by atoms with Crippen molar-refractivity contribution in [3.63, 3.8) is 0 Å². The Balaban J connectivity index is 1.33. The smallest absolute Gasteiger partial charge is 0.223 e. The predicted octanol–water partition coefficient (Wildman–Crippen LogP) is 2.16. The van der Waals surface area contributed by atoms with E-state index in [0.717, 1.165) is 31.1 Å². The van der Waals surface area contributed by atoms with Gasteiger partial charge in [0.1, 0.15) is 11.6 Å². The van der Waals surface area contributed by atoms with Gasteiger partial charge in [0.15, 0.2) is 5.78 Å². The molecule has 2 aromatic heterocycles. The molecule has 130 valence electrons. The van der Waals surface area contributed by atoms with Crippen LogP contribution in [0, 0.1) is 5.92 Å². The standard InChI is InChI=1S/C19H21N3O3/c23-18(13-14-4-5-16-15(19(14)24)6-12-25-16)22-10-8-21(9-11-22)17-3-1-2-7-20-17/h1-3,6-7,12,14H,4-5,8-11,13H2. The average molecular weight is 339 g/mol. The predicted molar refractivity (Wildman–Crippen MR) is 92.5 cm³/mol. The fourth-order valence-electron chi connectivity index (χ4n) is 3.67. The lowest BCUT2D eigenvalue weighted by molar-refractivity contribution is -0.132. The fourth-order valence-corrected chi connectivity index (χ4v) is 3.67. The summed E-state index contributed by atoms with van der Waals surface area (Å²) in [5.74, 6) is 1.62. The molecule has 1 aliphatic heterocycles. The van der Waals surface area contributed by atoms with Crippen LogP contribution in [0.3, 0.4) is 0 Å². The largest absolute Gasteiger partial charge is 0.469 e. The van der Waals surface area contributed by atoms with Crippen LogP contribution in [0.5, 0.6) is 0 Å². The third kappa shape index (κ3) is 3.16. The Morgan fingerprint density at radius 1 is 1.20 bits per heavy atom. The number of carbonyl (C=O) groups excluding carboxylic acids is 2. The minimum atomic E-state index is -0.216. The lowest BCUT2D eigenvalue weighted by Gasteiger charge is -2.36. The number of aryl methyl sites for hydroxylation is 1. The number of hydrogen-bond donors (Lipinski definition) is 0. The molecule has 1 amide bonds. The topological polar surface area (TPSA) is 66.7 Å².